The lowest BCUT2D eigenvalue weighted by Gasteiger charge is -2.32. The van der Waals surface area contributed by atoms with E-state index >= 15 is 0 Å². The van der Waals surface area contributed by atoms with Gasteiger partial charge in [0.15, 0.2) is 0 Å². The molecule has 1 amide bonds. The molecule has 7 nitrogen and oxygen atoms in total. The largest absolute Gasteiger partial charge is 0.497 e. The van der Waals surface area contributed by atoms with Crippen LogP contribution in [0.1, 0.15) is 5.56 Å². The summed E-state index contributed by atoms with van der Waals surface area (Å²) in [4.78, 5) is 16.9. The summed E-state index contributed by atoms with van der Waals surface area (Å²) in [6.07, 6.45) is 3.50. The van der Waals surface area contributed by atoms with Gasteiger partial charge in [0.25, 0.3) is 5.91 Å². The minimum Gasteiger partial charge on any atom is -0.497 e. The SMILES string of the molecule is COc1ccc(-c2nn(-c3ccccc3)cc2C=C(C#N)C(=O)N2CCN(C)CC2)cc1. The molecule has 3 aromatic rings. The number of rotatable bonds is 5. The van der Waals surface area contributed by atoms with E-state index in [1.165, 1.54) is 0 Å². The van der Waals surface area contributed by atoms with Crippen molar-refractivity contribution in [3.63, 3.8) is 0 Å². The molecule has 1 aliphatic rings. The number of nitriles is 1. The third-order valence-corrected chi connectivity index (χ3v) is 5.57. The highest BCUT2D eigenvalue weighted by molar-refractivity contribution is 6.02. The minimum atomic E-state index is -0.242. The molecular weight excluding hydrogens is 402 g/mol. The number of likely N-dealkylation sites (N-methyl/N-ethyl adjacent to an activating group) is 1. The van der Waals surface area contributed by atoms with E-state index in [-0.39, 0.29) is 11.5 Å². The number of benzene rings is 2. The van der Waals surface area contributed by atoms with Gasteiger partial charge in [-0.1, -0.05) is 18.2 Å². The van der Waals surface area contributed by atoms with Crippen LogP contribution in [0.2, 0.25) is 0 Å². The average molecular weight is 428 g/mol. The van der Waals surface area contributed by atoms with E-state index in [0.717, 1.165) is 30.1 Å². The second-order valence-corrected chi connectivity index (χ2v) is 7.71. The summed E-state index contributed by atoms with van der Waals surface area (Å²) in [5, 5.41) is 14.5. The molecule has 1 fully saturated rings. The van der Waals surface area contributed by atoms with Gasteiger partial charge in [-0.15, -0.1) is 0 Å². The molecule has 1 aromatic heterocycles. The zero-order valence-electron chi connectivity index (χ0n) is 18.2. The van der Waals surface area contributed by atoms with Crippen LogP contribution in [0.15, 0.2) is 66.4 Å². The van der Waals surface area contributed by atoms with Gasteiger partial charge in [0.1, 0.15) is 17.4 Å². The van der Waals surface area contributed by atoms with Crippen molar-refractivity contribution >= 4 is 12.0 Å². The zero-order chi connectivity index (χ0) is 22.5. The molecule has 7 heteroatoms. The lowest BCUT2D eigenvalue weighted by molar-refractivity contribution is -0.128. The monoisotopic (exact) mass is 427 g/mol. The topological polar surface area (TPSA) is 74.4 Å². The Morgan fingerprint density at radius 2 is 1.75 bits per heavy atom. The fourth-order valence-electron chi connectivity index (χ4n) is 3.66. The standard InChI is InChI=1S/C25H25N5O2/c1-28-12-14-29(15-13-28)25(31)20(17-26)16-21-18-30(22-6-4-3-5-7-22)27-24(21)19-8-10-23(32-2)11-9-19/h3-11,16,18H,12-15H2,1-2H3. The molecule has 162 valence electrons. The van der Waals surface area contributed by atoms with Crippen molar-refractivity contribution in [1.29, 1.82) is 5.26 Å². The van der Waals surface area contributed by atoms with Crippen molar-refractivity contribution in [1.82, 2.24) is 19.6 Å². The van der Waals surface area contributed by atoms with Gasteiger partial charge in [0.05, 0.1) is 18.5 Å². The Labute approximate surface area is 187 Å². The number of carbonyl (C=O) groups is 1. The Kier molecular flexibility index (Phi) is 6.34. The summed E-state index contributed by atoms with van der Waals surface area (Å²) in [6, 6.07) is 19.4. The van der Waals surface area contributed by atoms with Crippen LogP contribution in [0, 0.1) is 11.3 Å². The van der Waals surface area contributed by atoms with Gasteiger partial charge in [0.2, 0.25) is 0 Å². The molecule has 0 unspecified atom stereocenters. The molecule has 2 heterocycles. The van der Waals surface area contributed by atoms with Crippen molar-refractivity contribution in [2.75, 3.05) is 40.3 Å². The number of aromatic nitrogens is 2. The first kappa shape index (κ1) is 21.3. The number of para-hydroxylation sites is 1. The zero-order valence-corrected chi connectivity index (χ0v) is 18.2. The maximum Gasteiger partial charge on any atom is 0.264 e. The third kappa shape index (κ3) is 4.56. The molecule has 32 heavy (non-hydrogen) atoms. The summed E-state index contributed by atoms with van der Waals surface area (Å²) >= 11 is 0. The van der Waals surface area contributed by atoms with Crippen LogP contribution >= 0.6 is 0 Å². The number of nitrogens with zero attached hydrogens (tertiary/aromatic N) is 5. The second-order valence-electron chi connectivity index (χ2n) is 7.71. The molecule has 0 aliphatic carbocycles. The summed E-state index contributed by atoms with van der Waals surface area (Å²) in [5.41, 5.74) is 3.27. The maximum absolute atomic E-state index is 13.0. The highest BCUT2D eigenvalue weighted by Gasteiger charge is 2.23. The van der Waals surface area contributed by atoms with Gasteiger partial charge in [-0.3, -0.25) is 4.79 Å². The molecule has 0 bridgehead atoms. The number of hydrogen-bond acceptors (Lipinski definition) is 5. The first-order valence-electron chi connectivity index (χ1n) is 10.5. The molecular formula is C25H25N5O2. The summed E-state index contributed by atoms with van der Waals surface area (Å²) < 4.78 is 7.03. The lowest BCUT2D eigenvalue weighted by Crippen LogP contribution is -2.47. The van der Waals surface area contributed by atoms with Crippen LogP contribution in [0.3, 0.4) is 0 Å². The van der Waals surface area contributed by atoms with Crippen molar-refractivity contribution in [3.8, 4) is 28.8 Å². The van der Waals surface area contributed by atoms with Crippen LogP contribution in [0.25, 0.3) is 23.0 Å². The Hall–Kier alpha value is -3.89. The van der Waals surface area contributed by atoms with Crippen LogP contribution in [0.4, 0.5) is 0 Å². The fraction of sp³-hybridized carbons (Fsp3) is 0.240. The van der Waals surface area contributed by atoms with E-state index < -0.39 is 0 Å². The quantitative estimate of drug-likeness (QED) is 0.462. The van der Waals surface area contributed by atoms with Gasteiger partial charge in [-0.25, -0.2) is 4.68 Å². The smallest absolute Gasteiger partial charge is 0.264 e. The number of ether oxygens (including phenoxy) is 1. The van der Waals surface area contributed by atoms with Crippen LogP contribution in [0.5, 0.6) is 5.75 Å². The van der Waals surface area contributed by atoms with E-state index in [2.05, 4.69) is 11.0 Å². The van der Waals surface area contributed by atoms with Crippen molar-refractivity contribution in [2.45, 2.75) is 0 Å². The van der Waals surface area contributed by atoms with Crippen molar-refractivity contribution < 1.29 is 9.53 Å². The van der Waals surface area contributed by atoms with Crippen LogP contribution in [-0.4, -0.2) is 65.8 Å². The van der Waals surface area contributed by atoms with Gasteiger partial charge in [-0.05, 0) is 49.5 Å². The summed E-state index contributed by atoms with van der Waals surface area (Å²) in [6.45, 7) is 2.83. The number of piperazine rings is 1. The number of hydrogen-bond donors (Lipinski definition) is 0. The van der Waals surface area contributed by atoms with E-state index in [4.69, 9.17) is 9.84 Å². The molecule has 4 rings (SSSR count). The van der Waals surface area contributed by atoms with Crippen LogP contribution < -0.4 is 4.74 Å². The van der Waals surface area contributed by atoms with E-state index in [9.17, 15) is 10.1 Å². The molecule has 0 spiro atoms. The van der Waals surface area contributed by atoms with Crippen molar-refractivity contribution in [2.24, 2.45) is 0 Å². The summed E-state index contributed by atoms with van der Waals surface area (Å²) in [5.74, 6) is 0.505. The second kappa shape index (κ2) is 9.50. The molecule has 0 N–H and O–H groups in total. The van der Waals surface area contributed by atoms with Gasteiger partial charge >= 0.3 is 0 Å². The third-order valence-electron chi connectivity index (χ3n) is 5.57. The van der Waals surface area contributed by atoms with Crippen LogP contribution in [-0.2, 0) is 4.79 Å². The first-order valence-corrected chi connectivity index (χ1v) is 10.5. The fourth-order valence-corrected chi connectivity index (χ4v) is 3.66. The Morgan fingerprint density at radius 1 is 1.06 bits per heavy atom. The normalized spacial score (nSPS) is 14.8. The minimum absolute atomic E-state index is 0.108. The van der Waals surface area contributed by atoms with Gasteiger partial charge in [-0.2, -0.15) is 10.4 Å². The Balaban J connectivity index is 1.74. The van der Waals surface area contributed by atoms with Crippen molar-refractivity contribution in [3.05, 3.63) is 71.9 Å². The number of carbonyl (C=O) groups excluding carboxylic acids is 1. The number of amides is 1. The molecule has 0 atom stereocenters. The average Bonchev–Trinajstić information content (AvgIpc) is 3.27. The predicted octanol–water partition coefficient (Wildman–Crippen LogP) is 3.23. The molecule has 0 saturated carbocycles. The first-order chi connectivity index (χ1) is 15.6. The molecule has 1 aliphatic heterocycles. The number of methoxy groups -OCH3 is 1. The van der Waals surface area contributed by atoms with E-state index in [1.807, 2.05) is 67.8 Å². The lowest BCUT2D eigenvalue weighted by atomic mass is 10.1. The Bertz CT molecular complexity index is 1150. The van der Waals surface area contributed by atoms with Gasteiger partial charge in [0, 0.05) is 43.5 Å². The highest BCUT2D eigenvalue weighted by atomic mass is 16.5. The van der Waals surface area contributed by atoms with Gasteiger partial charge < -0.3 is 14.5 Å². The highest BCUT2D eigenvalue weighted by Crippen LogP contribution is 2.27. The molecule has 0 radical (unpaired) electrons. The summed E-state index contributed by atoms with van der Waals surface area (Å²) in [7, 11) is 3.65. The van der Waals surface area contributed by atoms with E-state index in [0.29, 0.717) is 24.3 Å². The molecule has 2 aromatic carbocycles. The maximum atomic E-state index is 13.0. The predicted molar refractivity (Wildman–Crippen MR) is 123 cm³/mol. The van der Waals surface area contributed by atoms with E-state index in [1.54, 1.807) is 22.8 Å². The Morgan fingerprint density at radius 3 is 2.38 bits per heavy atom. The molecule has 1 saturated heterocycles.